The molecule has 0 saturated heterocycles. The molecule has 9 aromatic carbocycles. The van der Waals surface area contributed by atoms with Crippen molar-refractivity contribution in [3.63, 3.8) is 0 Å². The first-order chi connectivity index (χ1) is 31.7. The number of nitrogens with zero attached hydrogens (tertiary/aromatic N) is 4. The Morgan fingerprint density at radius 3 is 1.64 bits per heavy atom. The monoisotopic (exact) mass is 850 g/mol. The number of fused-ring (bicyclic) bond motifs is 12. The van der Waals surface area contributed by atoms with Crippen molar-refractivity contribution in [2.75, 3.05) is 0 Å². The van der Waals surface area contributed by atoms with Crippen LogP contribution in [0.4, 0.5) is 0 Å². The molecule has 0 aliphatic rings. The standard InChI is InChI=1S/C58H34N4S2/c1-2-14-37(15-3-1)61-48-23-8-4-16-38(48)45-32-35(28-30-50(45)61)36-29-31-51-46(33-36)39-17-5-9-24-49(39)62(51)55-34-47(42-21-13-27-54-56(42)43-19-7-11-26-53(43)63-54)59-58(60-55)44-22-12-20-41-40-18-6-10-25-52(40)64-57(41)44/h1-34H. The van der Waals surface area contributed by atoms with E-state index < -0.39 is 0 Å². The van der Waals surface area contributed by atoms with Crippen LogP contribution in [0.3, 0.4) is 0 Å². The van der Waals surface area contributed by atoms with E-state index in [1.807, 2.05) is 22.7 Å². The molecule has 0 saturated carbocycles. The minimum absolute atomic E-state index is 0.715. The maximum atomic E-state index is 5.55. The van der Waals surface area contributed by atoms with Gasteiger partial charge in [-0.15, -0.1) is 22.7 Å². The maximum absolute atomic E-state index is 5.55. The number of thiophene rings is 2. The summed E-state index contributed by atoms with van der Waals surface area (Å²) < 4.78 is 9.69. The summed E-state index contributed by atoms with van der Waals surface area (Å²) in [7, 11) is 0. The number of benzene rings is 9. The highest BCUT2D eigenvalue weighted by molar-refractivity contribution is 7.26. The molecule has 0 aliphatic carbocycles. The van der Waals surface area contributed by atoms with E-state index >= 15 is 0 Å². The molecule has 6 heteroatoms. The summed E-state index contributed by atoms with van der Waals surface area (Å²) in [5.74, 6) is 1.55. The summed E-state index contributed by atoms with van der Waals surface area (Å²) in [6, 6.07) is 74.7. The Bertz CT molecular complexity index is 4210. The van der Waals surface area contributed by atoms with Crippen molar-refractivity contribution < 1.29 is 0 Å². The molecule has 5 aromatic heterocycles. The highest BCUT2D eigenvalue weighted by Crippen LogP contribution is 2.44. The van der Waals surface area contributed by atoms with Gasteiger partial charge in [-0.2, -0.15) is 0 Å². The normalized spacial score (nSPS) is 12.1. The topological polar surface area (TPSA) is 35.6 Å². The van der Waals surface area contributed by atoms with E-state index in [1.54, 1.807) is 0 Å². The molecular formula is C58H34N4S2. The fraction of sp³-hybridized carbons (Fsp3) is 0. The van der Waals surface area contributed by atoms with E-state index in [1.165, 1.54) is 84.0 Å². The van der Waals surface area contributed by atoms with E-state index in [2.05, 4.69) is 215 Å². The molecule has 64 heavy (non-hydrogen) atoms. The molecule has 0 aliphatic heterocycles. The second-order valence-corrected chi connectivity index (χ2v) is 18.6. The Morgan fingerprint density at radius 1 is 0.344 bits per heavy atom. The molecule has 0 N–H and O–H groups in total. The van der Waals surface area contributed by atoms with Gasteiger partial charge in [-0.3, -0.25) is 4.57 Å². The van der Waals surface area contributed by atoms with Crippen molar-refractivity contribution in [2.45, 2.75) is 0 Å². The Hall–Kier alpha value is -7.90. The number of rotatable bonds is 5. The van der Waals surface area contributed by atoms with Crippen molar-refractivity contribution in [1.82, 2.24) is 19.1 Å². The lowest BCUT2D eigenvalue weighted by atomic mass is 10.0. The Kier molecular flexibility index (Phi) is 7.69. The lowest BCUT2D eigenvalue weighted by Crippen LogP contribution is -2.02. The van der Waals surface area contributed by atoms with Gasteiger partial charge in [0, 0.05) is 84.8 Å². The van der Waals surface area contributed by atoms with Gasteiger partial charge in [0.1, 0.15) is 5.82 Å². The first kappa shape index (κ1) is 35.7. The van der Waals surface area contributed by atoms with Crippen LogP contribution < -0.4 is 0 Å². The van der Waals surface area contributed by atoms with Crippen LogP contribution in [0.15, 0.2) is 206 Å². The first-order valence-electron chi connectivity index (χ1n) is 21.6. The van der Waals surface area contributed by atoms with Crippen molar-refractivity contribution >= 4 is 107 Å². The van der Waals surface area contributed by atoms with Crippen molar-refractivity contribution in [1.29, 1.82) is 0 Å². The fourth-order valence-corrected chi connectivity index (χ4v) is 12.5. The summed E-state index contributed by atoms with van der Waals surface area (Å²) in [5.41, 5.74) is 11.2. The second-order valence-electron chi connectivity index (χ2n) is 16.5. The Balaban J connectivity index is 1.00. The van der Waals surface area contributed by atoms with Gasteiger partial charge in [0.2, 0.25) is 0 Å². The molecule has 4 nitrogen and oxygen atoms in total. The Morgan fingerprint density at radius 2 is 0.891 bits per heavy atom. The summed E-state index contributed by atoms with van der Waals surface area (Å²) in [5, 5.41) is 9.81. The van der Waals surface area contributed by atoms with Gasteiger partial charge < -0.3 is 4.57 Å². The fourth-order valence-electron chi connectivity index (χ4n) is 10.1. The molecule has 0 radical (unpaired) electrons. The van der Waals surface area contributed by atoms with Gasteiger partial charge in [-0.1, -0.05) is 127 Å². The molecule has 14 rings (SSSR count). The summed E-state index contributed by atoms with van der Waals surface area (Å²) in [6.45, 7) is 0. The predicted octanol–water partition coefficient (Wildman–Crippen LogP) is 16.4. The summed E-state index contributed by atoms with van der Waals surface area (Å²) in [6.07, 6.45) is 0. The minimum Gasteiger partial charge on any atom is -0.309 e. The molecule has 0 bridgehead atoms. The minimum atomic E-state index is 0.715. The van der Waals surface area contributed by atoms with Crippen LogP contribution in [0.2, 0.25) is 0 Å². The second kappa shape index (κ2) is 13.8. The number of hydrogen-bond donors (Lipinski definition) is 0. The van der Waals surface area contributed by atoms with Crippen molar-refractivity contribution in [3.8, 4) is 45.3 Å². The molecule has 0 amide bonds. The summed E-state index contributed by atoms with van der Waals surface area (Å²) >= 11 is 3.65. The zero-order valence-electron chi connectivity index (χ0n) is 34.2. The lowest BCUT2D eigenvalue weighted by Gasteiger charge is -2.13. The molecule has 14 aromatic rings. The third-order valence-electron chi connectivity index (χ3n) is 13.0. The number of aromatic nitrogens is 4. The smallest absolute Gasteiger partial charge is 0.163 e. The van der Waals surface area contributed by atoms with Crippen LogP contribution in [-0.2, 0) is 0 Å². The number of para-hydroxylation sites is 3. The van der Waals surface area contributed by atoms with E-state index in [9.17, 15) is 0 Å². The van der Waals surface area contributed by atoms with Crippen molar-refractivity contribution in [2.24, 2.45) is 0 Å². The van der Waals surface area contributed by atoms with Crippen LogP contribution in [0.5, 0.6) is 0 Å². The molecule has 0 fully saturated rings. The molecular weight excluding hydrogens is 817 g/mol. The van der Waals surface area contributed by atoms with E-state index in [0.29, 0.717) is 5.82 Å². The molecule has 298 valence electrons. The summed E-state index contributed by atoms with van der Waals surface area (Å²) in [4.78, 5) is 11.1. The van der Waals surface area contributed by atoms with Crippen LogP contribution in [0.25, 0.3) is 129 Å². The molecule has 5 heterocycles. The average molecular weight is 851 g/mol. The Labute approximate surface area is 375 Å². The molecule has 0 unspecified atom stereocenters. The van der Waals surface area contributed by atoms with Gasteiger partial charge in [0.05, 0.1) is 27.8 Å². The third kappa shape index (κ3) is 5.27. The van der Waals surface area contributed by atoms with E-state index in [0.717, 1.165) is 39.4 Å². The van der Waals surface area contributed by atoms with E-state index in [-0.39, 0.29) is 0 Å². The van der Waals surface area contributed by atoms with Crippen LogP contribution >= 0.6 is 22.7 Å². The first-order valence-corrected chi connectivity index (χ1v) is 23.2. The van der Waals surface area contributed by atoms with Crippen LogP contribution in [0, 0.1) is 0 Å². The highest BCUT2D eigenvalue weighted by Gasteiger charge is 2.21. The highest BCUT2D eigenvalue weighted by atomic mass is 32.1. The average Bonchev–Trinajstić information content (AvgIpc) is 4.11. The van der Waals surface area contributed by atoms with Gasteiger partial charge >= 0.3 is 0 Å². The lowest BCUT2D eigenvalue weighted by molar-refractivity contribution is 1.05. The SMILES string of the molecule is c1ccc(-n2c3ccccc3c3cc(-c4ccc5c(c4)c4ccccc4n5-c4cc(-c5cccc6sc7ccccc7c56)nc(-c5cccc6c5sc5ccccc56)n4)ccc32)cc1. The molecule has 0 spiro atoms. The van der Waals surface area contributed by atoms with Crippen molar-refractivity contribution in [3.05, 3.63) is 206 Å². The van der Waals surface area contributed by atoms with Crippen LogP contribution in [0.1, 0.15) is 0 Å². The maximum Gasteiger partial charge on any atom is 0.163 e. The van der Waals surface area contributed by atoms with Gasteiger partial charge in [-0.25, -0.2) is 9.97 Å². The van der Waals surface area contributed by atoms with Gasteiger partial charge in [0.15, 0.2) is 5.82 Å². The molecule has 0 atom stereocenters. The largest absolute Gasteiger partial charge is 0.309 e. The third-order valence-corrected chi connectivity index (χ3v) is 15.3. The van der Waals surface area contributed by atoms with Gasteiger partial charge in [0.25, 0.3) is 0 Å². The predicted molar refractivity (Wildman–Crippen MR) is 273 cm³/mol. The zero-order chi connectivity index (χ0) is 41.9. The van der Waals surface area contributed by atoms with Gasteiger partial charge in [-0.05, 0) is 83.9 Å². The quantitative estimate of drug-likeness (QED) is 0.173. The van der Waals surface area contributed by atoms with E-state index in [4.69, 9.17) is 9.97 Å². The zero-order valence-corrected chi connectivity index (χ0v) is 35.9. The van der Waals surface area contributed by atoms with Crippen LogP contribution in [-0.4, -0.2) is 19.1 Å². The number of hydrogen-bond acceptors (Lipinski definition) is 4.